The first-order valence-corrected chi connectivity index (χ1v) is 14.1. The molecular formula is C20H29BrO13P2. The quantitative estimate of drug-likeness (QED) is 0.0857. The second kappa shape index (κ2) is 17.4. The molecule has 1 aromatic carbocycles. The molecule has 0 radical (unpaired) electrons. The van der Waals surface area contributed by atoms with Crippen molar-refractivity contribution in [2.24, 2.45) is 0 Å². The minimum absolute atomic E-state index is 0.00973. The number of carbonyl (C=O) groups is 2. The lowest BCUT2D eigenvalue weighted by Crippen LogP contribution is -2.08. The number of hydrogen-bond acceptors (Lipinski definition) is 10. The number of carbonyl (C=O) groups excluding carboxylic acids is 2. The lowest BCUT2D eigenvalue weighted by molar-refractivity contribution is -0.139. The van der Waals surface area contributed by atoms with Crippen molar-refractivity contribution in [2.45, 2.75) is 13.3 Å². The first-order valence-electron chi connectivity index (χ1n) is 9.96. The molecule has 16 heteroatoms. The lowest BCUT2D eigenvalue weighted by Gasteiger charge is -2.13. The predicted octanol–water partition coefficient (Wildman–Crippen LogP) is 3.07. The van der Waals surface area contributed by atoms with Gasteiger partial charge in [0.15, 0.2) is 0 Å². The summed E-state index contributed by atoms with van der Waals surface area (Å²) in [4.78, 5) is 48.5. The fourth-order valence-electron chi connectivity index (χ4n) is 2.01. The number of phosphoric ester groups is 2. The molecule has 36 heavy (non-hydrogen) atoms. The highest BCUT2D eigenvalue weighted by Gasteiger charge is 2.20. The Morgan fingerprint density at radius 2 is 1.69 bits per heavy atom. The third kappa shape index (κ3) is 16.6. The van der Waals surface area contributed by atoms with E-state index < -0.39 is 27.6 Å². The minimum Gasteiger partial charge on any atom is -0.497 e. The number of esters is 2. The first-order chi connectivity index (χ1) is 16.7. The van der Waals surface area contributed by atoms with E-state index in [2.05, 4.69) is 47.4 Å². The molecule has 1 rings (SSSR count). The number of rotatable bonds is 15. The van der Waals surface area contributed by atoms with Gasteiger partial charge in [-0.25, -0.2) is 18.7 Å². The monoisotopic (exact) mass is 618 g/mol. The summed E-state index contributed by atoms with van der Waals surface area (Å²) in [5, 5.41) is 0.423. The Morgan fingerprint density at radius 1 is 1.06 bits per heavy atom. The van der Waals surface area contributed by atoms with E-state index in [1.807, 2.05) is 0 Å². The Balaban J connectivity index is 0.000000723. The Kier molecular flexibility index (Phi) is 16.5. The van der Waals surface area contributed by atoms with Crippen molar-refractivity contribution >= 4 is 43.5 Å². The highest BCUT2D eigenvalue weighted by molar-refractivity contribution is 9.09. The number of hydrogen-bond donors (Lipinski definition) is 3. The zero-order valence-electron chi connectivity index (χ0n) is 19.7. The number of ether oxygens (including phenoxy) is 3. The van der Waals surface area contributed by atoms with Gasteiger partial charge >= 0.3 is 27.6 Å². The molecule has 0 aromatic heterocycles. The summed E-state index contributed by atoms with van der Waals surface area (Å²) >= 11 is 3.02. The van der Waals surface area contributed by atoms with Crippen molar-refractivity contribution in [2.75, 3.05) is 38.9 Å². The van der Waals surface area contributed by atoms with Crippen LogP contribution in [0.1, 0.15) is 12.5 Å². The second-order valence-corrected chi connectivity index (χ2v) is 9.83. The number of phosphoric acid groups is 2. The zero-order chi connectivity index (χ0) is 27.8. The molecule has 0 amide bonds. The maximum Gasteiger partial charge on any atom is 0.524 e. The third-order valence-electron chi connectivity index (χ3n) is 3.52. The van der Waals surface area contributed by atoms with Crippen LogP contribution >= 0.6 is 31.6 Å². The molecule has 0 heterocycles. The number of alkyl halides is 1. The Bertz CT molecular complexity index is 976. The minimum atomic E-state index is -4.67. The standard InChI is InChI=1S/C13H17O7P.C7H12BrO6P/c1-9(2)13(14)19-7-6-10-8-11(18-3)4-5-12(10)20-21(15,16)17;1-2-7(9)12-5-6-14-15(10,11)13-4-3-8/h4-5,8H,1,6-7H2,2-3H3,(H2,15,16,17);2H,1,3-6H2,(H,10,11). The Labute approximate surface area is 217 Å². The van der Waals surface area contributed by atoms with Crippen LogP contribution < -0.4 is 9.26 Å². The van der Waals surface area contributed by atoms with Gasteiger partial charge in [0.2, 0.25) is 0 Å². The van der Waals surface area contributed by atoms with Gasteiger partial charge in [0.1, 0.15) is 18.1 Å². The normalized spacial score (nSPS) is 12.3. The van der Waals surface area contributed by atoms with Crippen molar-refractivity contribution in [1.82, 2.24) is 0 Å². The summed E-state index contributed by atoms with van der Waals surface area (Å²) in [6.07, 6.45) is 1.20. The van der Waals surface area contributed by atoms with Crippen LogP contribution in [-0.4, -0.2) is 65.5 Å². The van der Waals surface area contributed by atoms with Crippen molar-refractivity contribution in [3.63, 3.8) is 0 Å². The molecule has 0 aliphatic carbocycles. The average Bonchev–Trinajstić information content (AvgIpc) is 2.80. The number of methoxy groups -OCH3 is 1. The van der Waals surface area contributed by atoms with Gasteiger partial charge in [-0.05, 0) is 25.1 Å². The van der Waals surface area contributed by atoms with Gasteiger partial charge in [-0.1, -0.05) is 29.1 Å². The molecule has 1 aromatic rings. The van der Waals surface area contributed by atoms with Crippen LogP contribution in [0.4, 0.5) is 0 Å². The number of halogens is 1. The van der Waals surface area contributed by atoms with E-state index in [9.17, 15) is 18.7 Å². The van der Waals surface area contributed by atoms with Gasteiger partial charge in [-0.15, -0.1) is 0 Å². The lowest BCUT2D eigenvalue weighted by atomic mass is 10.1. The van der Waals surface area contributed by atoms with Gasteiger partial charge in [-0.3, -0.25) is 18.8 Å². The average molecular weight is 619 g/mol. The Hall–Kier alpha value is -2.02. The third-order valence-corrected chi connectivity index (χ3v) is 5.29. The van der Waals surface area contributed by atoms with Gasteiger partial charge < -0.3 is 23.6 Å². The summed E-state index contributed by atoms with van der Waals surface area (Å²) in [7, 11) is -7.23. The molecule has 0 aliphatic rings. The highest BCUT2D eigenvalue weighted by atomic mass is 79.9. The van der Waals surface area contributed by atoms with Crippen LogP contribution in [0.3, 0.4) is 0 Å². The largest absolute Gasteiger partial charge is 0.524 e. The van der Waals surface area contributed by atoms with Crippen molar-refractivity contribution in [3.8, 4) is 11.5 Å². The zero-order valence-corrected chi connectivity index (χ0v) is 23.0. The van der Waals surface area contributed by atoms with E-state index in [0.717, 1.165) is 6.08 Å². The molecule has 0 spiro atoms. The molecular weight excluding hydrogens is 590 g/mol. The van der Waals surface area contributed by atoms with E-state index >= 15 is 0 Å². The smallest absolute Gasteiger partial charge is 0.497 e. The van der Waals surface area contributed by atoms with Crippen LogP contribution in [0.2, 0.25) is 0 Å². The van der Waals surface area contributed by atoms with E-state index in [4.69, 9.17) is 24.2 Å². The van der Waals surface area contributed by atoms with E-state index in [1.165, 1.54) is 26.2 Å². The Morgan fingerprint density at radius 3 is 2.22 bits per heavy atom. The summed E-state index contributed by atoms with van der Waals surface area (Å²) in [6, 6.07) is 4.45. The molecule has 13 nitrogen and oxygen atoms in total. The summed E-state index contributed by atoms with van der Waals surface area (Å²) in [6.45, 7) is 7.89. The summed E-state index contributed by atoms with van der Waals surface area (Å²) in [5.41, 5.74) is 0.722. The van der Waals surface area contributed by atoms with Gasteiger partial charge in [0, 0.05) is 29.0 Å². The summed E-state index contributed by atoms with van der Waals surface area (Å²) < 4.78 is 50.0. The van der Waals surface area contributed by atoms with E-state index in [-0.39, 0.29) is 44.2 Å². The van der Waals surface area contributed by atoms with Crippen LogP contribution in [0.15, 0.2) is 43.0 Å². The molecule has 0 saturated carbocycles. The topological polar surface area (TPSA) is 184 Å². The SMILES string of the molecule is C=C(C)C(=O)OCCc1cc(OC)ccc1OP(=O)(O)O.C=CC(=O)OCCOP(=O)(O)OCCBr. The molecule has 0 fully saturated rings. The van der Waals surface area contributed by atoms with Gasteiger partial charge in [0.05, 0.1) is 26.9 Å². The van der Waals surface area contributed by atoms with Crippen LogP contribution in [0, 0.1) is 0 Å². The number of benzene rings is 1. The molecule has 0 bridgehead atoms. The fourth-order valence-corrected chi connectivity index (χ4v) is 3.56. The van der Waals surface area contributed by atoms with Crippen LogP contribution in [0.5, 0.6) is 11.5 Å². The van der Waals surface area contributed by atoms with Crippen molar-refractivity contribution < 1.29 is 61.2 Å². The maximum atomic E-state index is 11.3. The van der Waals surface area contributed by atoms with Crippen molar-refractivity contribution in [1.29, 1.82) is 0 Å². The molecule has 3 N–H and O–H groups in total. The summed E-state index contributed by atoms with van der Waals surface area (Å²) in [5.74, 6) is -0.645. The molecule has 0 aliphatic heterocycles. The van der Waals surface area contributed by atoms with Crippen LogP contribution in [-0.2, 0) is 43.7 Å². The molecule has 1 atom stereocenters. The molecule has 204 valence electrons. The fraction of sp³-hybridized carbons (Fsp3) is 0.400. The highest BCUT2D eigenvalue weighted by Crippen LogP contribution is 2.42. The maximum absolute atomic E-state index is 11.3. The predicted molar refractivity (Wildman–Crippen MR) is 132 cm³/mol. The molecule has 0 saturated heterocycles. The van der Waals surface area contributed by atoms with Crippen LogP contribution in [0.25, 0.3) is 0 Å². The molecule has 1 unspecified atom stereocenters. The van der Waals surface area contributed by atoms with Gasteiger partial charge in [-0.2, -0.15) is 0 Å². The second-order valence-electron chi connectivity index (χ2n) is 6.42. The van der Waals surface area contributed by atoms with Gasteiger partial charge in [0.25, 0.3) is 0 Å². The van der Waals surface area contributed by atoms with E-state index in [0.29, 0.717) is 16.6 Å². The first kappa shape index (κ1) is 34.0. The van der Waals surface area contributed by atoms with E-state index in [1.54, 1.807) is 6.07 Å². The van der Waals surface area contributed by atoms with Crippen molar-refractivity contribution in [3.05, 3.63) is 48.6 Å².